The van der Waals surface area contributed by atoms with Gasteiger partial charge in [0.2, 0.25) is 0 Å². The minimum Gasteiger partial charge on any atom is -0.392 e. The molecule has 37 heavy (non-hydrogen) atoms. The third kappa shape index (κ3) is 4.65. The molecule has 4 aromatic rings. The van der Waals surface area contributed by atoms with Gasteiger partial charge in [0.05, 0.1) is 46.5 Å². The van der Waals surface area contributed by atoms with Crippen molar-refractivity contribution in [2.24, 2.45) is 0 Å². The Labute approximate surface area is 214 Å². The number of fused-ring (bicyclic) bond motifs is 3. The van der Waals surface area contributed by atoms with Crippen molar-refractivity contribution in [1.82, 2.24) is 25.2 Å². The van der Waals surface area contributed by atoms with Crippen LogP contribution in [0, 0.1) is 0 Å². The van der Waals surface area contributed by atoms with E-state index in [1.54, 1.807) is 12.1 Å². The molecule has 2 aromatic heterocycles. The fraction of sp³-hybridized carbons (Fsp3) is 0.310. The summed E-state index contributed by atoms with van der Waals surface area (Å²) in [5.74, 6) is 0.136. The molecular formula is C29H29N5O3. The number of nitrogens with zero attached hydrogens (tertiary/aromatic N) is 3. The first-order valence-corrected chi connectivity index (χ1v) is 12.8. The number of nitrogens with one attached hydrogen (secondary N) is 2. The average Bonchev–Trinajstić information content (AvgIpc) is 3.46. The highest BCUT2D eigenvalue weighted by molar-refractivity contribution is 6.22. The molecule has 0 saturated heterocycles. The van der Waals surface area contributed by atoms with Crippen molar-refractivity contribution in [3.8, 4) is 0 Å². The number of hydrogen-bond donors (Lipinski definition) is 3. The van der Waals surface area contributed by atoms with E-state index in [-0.39, 0.29) is 17.9 Å². The van der Waals surface area contributed by atoms with Crippen molar-refractivity contribution >= 4 is 22.8 Å². The highest BCUT2D eigenvalue weighted by Gasteiger charge is 2.31. The van der Waals surface area contributed by atoms with Gasteiger partial charge in [0.25, 0.3) is 11.8 Å². The fourth-order valence-electron chi connectivity index (χ4n) is 5.70. The van der Waals surface area contributed by atoms with Crippen LogP contribution in [0.15, 0.2) is 60.8 Å². The molecule has 0 bridgehead atoms. The Kier molecular flexibility index (Phi) is 6.28. The molecule has 2 aromatic carbocycles. The maximum absolute atomic E-state index is 12.3. The second-order valence-corrected chi connectivity index (χ2v) is 9.90. The molecule has 0 spiro atoms. The summed E-state index contributed by atoms with van der Waals surface area (Å²) in [6.07, 6.45) is 5.23. The van der Waals surface area contributed by atoms with Crippen LogP contribution >= 0.6 is 0 Å². The normalized spacial score (nSPS) is 17.6. The van der Waals surface area contributed by atoms with Crippen LogP contribution in [0.3, 0.4) is 0 Å². The number of carbonyl (C=O) groups excluding carboxylic acids is 2. The van der Waals surface area contributed by atoms with Gasteiger partial charge in [-0.3, -0.25) is 24.8 Å². The number of para-hydroxylation sites is 2. The van der Waals surface area contributed by atoms with Gasteiger partial charge >= 0.3 is 0 Å². The van der Waals surface area contributed by atoms with Crippen LogP contribution in [-0.4, -0.2) is 49.4 Å². The topological polar surface area (TPSA) is 111 Å². The molecular weight excluding hydrogens is 466 g/mol. The quantitative estimate of drug-likeness (QED) is 0.321. The second kappa shape index (κ2) is 9.88. The number of H-pyrrole nitrogens is 1. The van der Waals surface area contributed by atoms with Gasteiger partial charge in [-0.1, -0.05) is 30.3 Å². The SMILES string of the molecule is O=C1NC(=O)c2c(CCC(O)CN(Cc3nc4ccccc4[nH]3)C3CCCc4cccnc43)cccc21. The number of aryl methyl sites for hydroxylation is 2. The predicted octanol–water partition coefficient (Wildman–Crippen LogP) is 3.71. The molecule has 2 atom stereocenters. The molecule has 3 N–H and O–H groups in total. The molecule has 2 unspecified atom stereocenters. The number of imidazole rings is 1. The number of rotatable bonds is 8. The molecule has 188 valence electrons. The zero-order chi connectivity index (χ0) is 25.4. The van der Waals surface area contributed by atoms with E-state index in [4.69, 9.17) is 9.97 Å². The number of aromatic nitrogens is 3. The van der Waals surface area contributed by atoms with E-state index >= 15 is 0 Å². The summed E-state index contributed by atoms with van der Waals surface area (Å²) in [6, 6.07) is 17.5. The lowest BCUT2D eigenvalue weighted by Gasteiger charge is -2.35. The maximum Gasteiger partial charge on any atom is 0.259 e. The van der Waals surface area contributed by atoms with E-state index < -0.39 is 6.10 Å². The molecule has 0 fully saturated rings. The Morgan fingerprint density at radius 1 is 1.05 bits per heavy atom. The van der Waals surface area contributed by atoms with Crippen molar-refractivity contribution < 1.29 is 14.7 Å². The number of aliphatic hydroxyl groups is 1. The van der Waals surface area contributed by atoms with Crippen molar-refractivity contribution in [3.05, 3.63) is 94.6 Å². The van der Waals surface area contributed by atoms with Crippen molar-refractivity contribution in [2.45, 2.75) is 50.8 Å². The highest BCUT2D eigenvalue weighted by Crippen LogP contribution is 2.34. The number of imide groups is 1. The number of aromatic amines is 1. The molecule has 6 rings (SSSR count). The fourth-order valence-corrected chi connectivity index (χ4v) is 5.70. The number of aliphatic hydroxyl groups excluding tert-OH is 1. The molecule has 2 aliphatic rings. The van der Waals surface area contributed by atoms with E-state index in [1.807, 2.05) is 42.6 Å². The van der Waals surface area contributed by atoms with Crippen LogP contribution in [0.5, 0.6) is 0 Å². The summed E-state index contributed by atoms with van der Waals surface area (Å²) >= 11 is 0. The van der Waals surface area contributed by atoms with Gasteiger partial charge in [0.1, 0.15) is 5.82 Å². The van der Waals surface area contributed by atoms with Crippen LogP contribution in [0.2, 0.25) is 0 Å². The van der Waals surface area contributed by atoms with Crippen LogP contribution in [0.4, 0.5) is 0 Å². The van der Waals surface area contributed by atoms with Crippen molar-refractivity contribution in [3.63, 3.8) is 0 Å². The van der Waals surface area contributed by atoms with Gasteiger partial charge in [-0.2, -0.15) is 0 Å². The summed E-state index contributed by atoms with van der Waals surface area (Å²) in [5.41, 5.74) is 5.88. The number of benzene rings is 2. The minimum absolute atomic E-state index is 0.0807. The van der Waals surface area contributed by atoms with Crippen LogP contribution < -0.4 is 5.32 Å². The Hall–Kier alpha value is -3.88. The first kappa shape index (κ1) is 23.5. The van der Waals surface area contributed by atoms with E-state index in [0.29, 0.717) is 37.1 Å². The molecule has 1 aliphatic heterocycles. The average molecular weight is 496 g/mol. The minimum atomic E-state index is -0.630. The molecule has 3 heterocycles. The smallest absolute Gasteiger partial charge is 0.259 e. The third-order valence-corrected chi connectivity index (χ3v) is 7.44. The number of hydrogen-bond acceptors (Lipinski definition) is 6. The standard InChI is InChI=1S/C29H29N5O3/c35-20(14-13-18-6-3-9-21-26(18)29(37)33-28(21)36)16-34(17-25-31-22-10-1-2-11-23(22)32-25)24-12-4-7-19-8-5-15-30-27(19)24/h1-3,5-6,8-11,15,20,24,35H,4,7,12-14,16-17H2,(H,31,32)(H,33,36,37). The van der Waals surface area contributed by atoms with Gasteiger partial charge in [0.15, 0.2) is 0 Å². The van der Waals surface area contributed by atoms with E-state index in [1.165, 1.54) is 5.56 Å². The van der Waals surface area contributed by atoms with E-state index in [9.17, 15) is 14.7 Å². The Morgan fingerprint density at radius 3 is 2.84 bits per heavy atom. The van der Waals surface area contributed by atoms with E-state index in [2.05, 4.69) is 21.3 Å². The summed E-state index contributed by atoms with van der Waals surface area (Å²) in [7, 11) is 0. The van der Waals surface area contributed by atoms with Gasteiger partial charge in [-0.25, -0.2) is 4.98 Å². The van der Waals surface area contributed by atoms with Crippen LogP contribution in [0.1, 0.15) is 68.7 Å². The molecule has 1 aliphatic carbocycles. The second-order valence-electron chi connectivity index (χ2n) is 9.90. The number of amides is 2. The number of pyridine rings is 1. The third-order valence-electron chi connectivity index (χ3n) is 7.44. The lowest BCUT2D eigenvalue weighted by atomic mass is 9.90. The first-order valence-electron chi connectivity index (χ1n) is 12.8. The Morgan fingerprint density at radius 2 is 1.95 bits per heavy atom. The Balaban J connectivity index is 1.23. The van der Waals surface area contributed by atoms with Crippen LogP contribution in [0.25, 0.3) is 11.0 Å². The summed E-state index contributed by atoms with van der Waals surface area (Å²) in [5, 5.41) is 13.6. The first-order chi connectivity index (χ1) is 18.1. The molecule has 8 heteroatoms. The van der Waals surface area contributed by atoms with Crippen LogP contribution in [-0.2, 0) is 19.4 Å². The Bertz CT molecular complexity index is 1450. The zero-order valence-corrected chi connectivity index (χ0v) is 20.5. The van der Waals surface area contributed by atoms with Gasteiger partial charge in [-0.15, -0.1) is 0 Å². The molecule has 0 saturated carbocycles. The van der Waals surface area contributed by atoms with Gasteiger partial charge in [0, 0.05) is 12.7 Å². The predicted molar refractivity (Wildman–Crippen MR) is 139 cm³/mol. The molecule has 8 nitrogen and oxygen atoms in total. The van der Waals surface area contributed by atoms with Gasteiger partial charge in [-0.05, 0) is 67.5 Å². The largest absolute Gasteiger partial charge is 0.392 e. The lowest BCUT2D eigenvalue weighted by Crippen LogP contribution is -2.37. The van der Waals surface area contributed by atoms with Gasteiger partial charge < -0.3 is 10.1 Å². The van der Waals surface area contributed by atoms with E-state index in [0.717, 1.165) is 47.4 Å². The summed E-state index contributed by atoms with van der Waals surface area (Å²) in [6.45, 7) is 1.00. The summed E-state index contributed by atoms with van der Waals surface area (Å²) < 4.78 is 0. The number of carbonyl (C=O) groups is 2. The lowest BCUT2D eigenvalue weighted by molar-refractivity contribution is 0.0671. The molecule has 0 radical (unpaired) electrons. The molecule has 2 amide bonds. The van der Waals surface area contributed by atoms with Crippen molar-refractivity contribution in [2.75, 3.05) is 6.54 Å². The van der Waals surface area contributed by atoms with Crippen molar-refractivity contribution in [1.29, 1.82) is 0 Å². The maximum atomic E-state index is 12.3. The zero-order valence-electron chi connectivity index (χ0n) is 20.5. The summed E-state index contributed by atoms with van der Waals surface area (Å²) in [4.78, 5) is 39.5. The highest BCUT2D eigenvalue weighted by atomic mass is 16.3. The monoisotopic (exact) mass is 495 g/mol.